The summed E-state index contributed by atoms with van der Waals surface area (Å²) >= 11 is 0. The number of aromatic nitrogens is 1. The van der Waals surface area contributed by atoms with Gasteiger partial charge in [0.25, 0.3) is 0 Å². The van der Waals surface area contributed by atoms with Crippen molar-refractivity contribution in [1.82, 2.24) is 9.88 Å². The van der Waals surface area contributed by atoms with Gasteiger partial charge in [0.05, 0.1) is 6.54 Å². The molecule has 0 bridgehead atoms. The van der Waals surface area contributed by atoms with Gasteiger partial charge in [0.2, 0.25) is 5.91 Å². The number of phenols is 1. The van der Waals surface area contributed by atoms with Gasteiger partial charge in [0.1, 0.15) is 6.61 Å². The molecule has 0 radical (unpaired) electrons. The van der Waals surface area contributed by atoms with E-state index in [0.29, 0.717) is 25.4 Å². The molecule has 0 fully saturated rings. The van der Waals surface area contributed by atoms with Crippen molar-refractivity contribution in [2.45, 2.75) is 33.2 Å². The smallest absolute Gasteiger partial charge is 0.226 e. The molecule has 0 saturated carbocycles. The number of ether oxygens (including phenoxy) is 1. The molecule has 0 atom stereocenters. The third-order valence-corrected chi connectivity index (χ3v) is 4.76. The molecule has 132 valence electrons. The number of carbonyl (C=O) groups is 1. The quantitative estimate of drug-likeness (QED) is 0.923. The van der Waals surface area contributed by atoms with E-state index in [4.69, 9.17) is 4.74 Å². The molecule has 1 N–H and O–H groups in total. The summed E-state index contributed by atoms with van der Waals surface area (Å²) in [4.78, 5) is 18.7. The Morgan fingerprint density at radius 2 is 2.12 bits per heavy atom. The highest BCUT2D eigenvalue weighted by atomic mass is 16.5. The van der Waals surface area contributed by atoms with Gasteiger partial charge < -0.3 is 14.7 Å². The van der Waals surface area contributed by atoms with E-state index < -0.39 is 0 Å². The van der Waals surface area contributed by atoms with Crippen LogP contribution in [0.2, 0.25) is 0 Å². The molecule has 5 nitrogen and oxygen atoms in total. The van der Waals surface area contributed by atoms with Crippen LogP contribution in [0.4, 0.5) is 0 Å². The summed E-state index contributed by atoms with van der Waals surface area (Å²) < 4.78 is 5.74. The van der Waals surface area contributed by atoms with Crippen molar-refractivity contribution < 1.29 is 14.6 Å². The number of fused-ring (bicyclic) bond motifs is 1. The van der Waals surface area contributed by atoms with Gasteiger partial charge in [-0.25, -0.2) is 0 Å². The number of phenolic OH excluding ortho intramolecular Hbond substituents is 1. The topological polar surface area (TPSA) is 62.7 Å². The fourth-order valence-electron chi connectivity index (χ4n) is 3.28. The fourth-order valence-corrected chi connectivity index (χ4v) is 3.28. The van der Waals surface area contributed by atoms with E-state index in [0.717, 1.165) is 29.5 Å². The van der Waals surface area contributed by atoms with E-state index in [9.17, 15) is 9.90 Å². The maximum absolute atomic E-state index is 12.8. The van der Waals surface area contributed by atoms with Gasteiger partial charge in [0.15, 0.2) is 11.5 Å². The summed E-state index contributed by atoms with van der Waals surface area (Å²) in [7, 11) is 0. The normalized spacial score (nSPS) is 14.0. The zero-order chi connectivity index (χ0) is 17.8. The average molecular weight is 340 g/mol. The summed E-state index contributed by atoms with van der Waals surface area (Å²) in [6.45, 7) is 5.46. The molecule has 1 aromatic heterocycles. The standard InChI is InChI=1S/C20H24N2O3/c1-3-14(4-2)20(24)22-8-9-25-19-17(13-22)10-16(11-18(19)23)15-6-5-7-21-12-15/h5-7,10-12,14,23H,3-4,8-9,13H2,1-2H3. The van der Waals surface area contributed by atoms with Crippen molar-refractivity contribution in [3.63, 3.8) is 0 Å². The zero-order valence-corrected chi connectivity index (χ0v) is 14.7. The Hall–Kier alpha value is -2.56. The third kappa shape index (κ3) is 3.60. The summed E-state index contributed by atoms with van der Waals surface area (Å²) in [6.07, 6.45) is 5.14. The second-order valence-corrected chi connectivity index (χ2v) is 6.35. The lowest BCUT2D eigenvalue weighted by Crippen LogP contribution is -2.36. The molecule has 0 aliphatic carbocycles. The van der Waals surface area contributed by atoms with E-state index in [1.807, 2.05) is 36.9 Å². The summed E-state index contributed by atoms with van der Waals surface area (Å²) in [5, 5.41) is 10.4. The second-order valence-electron chi connectivity index (χ2n) is 6.35. The summed E-state index contributed by atoms with van der Waals surface area (Å²) in [5.74, 6) is 0.782. The van der Waals surface area contributed by atoms with Crippen molar-refractivity contribution in [2.75, 3.05) is 13.2 Å². The first-order valence-corrected chi connectivity index (χ1v) is 8.81. The molecule has 2 heterocycles. The first kappa shape index (κ1) is 17.3. The monoisotopic (exact) mass is 340 g/mol. The fraction of sp³-hybridized carbons (Fsp3) is 0.400. The van der Waals surface area contributed by atoms with E-state index in [2.05, 4.69) is 4.98 Å². The van der Waals surface area contributed by atoms with Crippen LogP contribution in [-0.2, 0) is 11.3 Å². The van der Waals surface area contributed by atoms with Gasteiger partial charge in [-0.3, -0.25) is 9.78 Å². The second kappa shape index (κ2) is 7.55. The Bertz CT molecular complexity index is 742. The van der Waals surface area contributed by atoms with Crippen molar-refractivity contribution in [3.05, 3.63) is 42.2 Å². The molecule has 1 amide bonds. The van der Waals surface area contributed by atoms with Gasteiger partial charge >= 0.3 is 0 Å². The molecule has 0 spiro atoms. The van der Waals surface area contributed by atoms with Gasteiger partial charge in [-0.1, -0.05) is 19.9 Å². The van der Waals surface area contributed by atoms with E-state index in [1.54, 1.807) is 18.5 Å². The average Bonchev–Trinajstić information content (AvgIpc) is 2.86. The number of hydrogen-bond donors (Lipinski definition) is 1. The highest BCUT2D eigenvalue weighted by Gasteiger charge is 2.26. The number of hydrogen-bond acceptors (Lipinski definition) is 4. The molecule has 5 heteroatoms. The molecular formula is C20H24N2O3. The number of rotatable bonds is 4. The molecular weight excluding hydrogens is 316 g/mol. The first-order chi connectivity index (χ1) is 12.1. The van der Waals surface area contributed by atoms with Crippen LogP contribution in [0, 0.1) is 5.92 Å². The van der Waals surface area contributed by atoms with Gasteiger partial charge in [-0.2, -0.15) is 0 Å². The third-order valence-electron chi connectivity index (χ3n) is 4.76. The SMILES string of the molecule is CCC(CC)C(=O)N1CCOc2c(O)cc(-c3cccnc3)cc2C1. The van der Waals surface area contributed by atoms with Gasteiger partial charge in [-0.15, -0.1) is 0 Å². The molecule has 1 aliphatic heterocycles. The molecule has 1 aromatic carbocycles. The van der Waals surface area contributed by atoms with Crippen LogP contribution in [0.5, 0.6) is 11.5 Å². The maximum atomic E-state index is 12.8. The molecule has 0 saturated heterocycles. The number of nitrogens with zero attached hydrogens (tertiary/aromatic N) is 2. The highest BCUT2D eigenvalue weighted by Crippen LogP contribution is 2.37. The van der Waals surface area contributed by atoms with Crippen molar-refractivity contribution in [3.8, 4) is 22.6 Å². The van der Waals surface area contributed by atoms with Crippen molar-refractivity contribution >= 4 is 5.91 Å². The molecule has 0 unspecified atom stereocenters. The maximum Gasteiger partial charge on any atom is 0.226 e. The van der Waals surface area contributed by atoms with Crippen molar-refractivity contribution in [2.24, 2.45) is 5.92 Å². The van der Waals surface area contributed by atoms with Crippen LogP contribution < -0.4 is 4.74 Å². The predicted molar refractivity (Wildman–Crippen MR) is 96.3 cm³/mol. The lowest BCUT2D eigenvalue weighted by molar-refractivity contribution is -0.136. The minimum Gasteiger partial charge on any atom is -0.504 e. The minimum absolute atomic E-state index is 0.0386. The van der Waals surface area contributed by atoms with Crippen LogP contribution in [0.1, 0.15) is 32.3 Å². The van der Waals surface area contributed by atoms with Gasteiger partial charge in [-0.05, 0) is 36.6 Å². The Balaban J connectivity index is 1.94. The Morgan fingerprint density at radius 1 is 1.32 bits per heavy atom. The summed E-state index contributed by atoms with van der Waals surface area (Å²) in [5.41, 5.74) is 2.61. The minimum atomic E-state index is 0.0386. The van der Waals surface area contributed by atoms with Crippen molar-refractivity contribution in [1.29, 1.82) is 0 Å². The molecule has 1 aliphatic rings. The first-order valence-electron chi connectivity index (χ1n) is 8.81. The van der Waals surface area contributed by atoms with E-state index in [-0.39, 0.29) is 17.6 Å². The van der Waals surface area contributed by atoms with Gasteiger partial charge in [0, 0.05) is 36.0 Å². The van der Waals surface area contributed by atoms with Crippen LogP contribution >= 0.6 is 0 Å². The van der Waals surface area contributed by atoms with Crippen LogP contribution in [0.25, 0.3) is 11.1 Å². The van der Waals surface area contributed by atoms with Crippen LogP contribution in [-0.4, -0.2) is 34.0 Å². The van der Waals surface area contributed by atoms with E-state index >= 15 is 0 Å². The predicted octanol–water partition coefficient (Wildman–Crippen LogP) is 3.61. The lowest BCUT2D eigenvalue weighted by atomic mass is 10.00. The Labute approximate surface area is 148 Å². The van der Waals surface area contributed by atoms with E-state index in [1.165, 1.54) is 0 Å². The lowest BCUT2D eigenvalue weighted by Gasteiger charge is -2.24. The zero-order valence-electron chi connectivity index (χ0n) is 14.7. The van der Waals surface area contributed by atoms with Crippen LogP contribution in [0.15, 0.2) is 36.7 Å². The number of benzene rings is 1. The number of aromatic hydroxyl groups is 1. The number of carbonyl (C=O) groups excluding carboxylic acids is 1. The highest BCUT2D eigenvalue weighted by molar-refractivity contribution is 5.79. The molecule has 25 heavy (non-hydrogen) atoms. The Morgan fingerprint density at radius 3 is 2.80 bits per heavy atom. The number of amides is 1. The Kier molecular flexibility index (Phi) is 5.22. The molecule has 2 aromatic rings. The summed E-state index contributed by atoms with van der Waals surface area (Å²) in [6, 6.07) is 7.47. The number of pyridine rings is 1. The van der Waals surface area contributed by atoms with Crippen LogP contribution in [0.3, 0.4) is 0 Å². The molecule has 3 rings (SSSR count). The largest absolute Gasteiger partial charge is 0.504 e.